The van der Waals surface area contributed by atoms with Crippen molar-refractivity contribution in [2.75, 3.05) is 33.9 Å². The highest BCUT2D eigenvalue weighted by Crippen LogP contribution is 2.01. The minimum absolute atomic E-state index is 0.0183. The second-order valence-electron chi connectivity index (χ2n) is 4.03. The van der Waals surface area contributed by atoms with Gasteiger partial charge < -0.3 is 24.8 Å². The van der Waals surface area contributed by atoms with E-state index >= 15 is 0 Å². The van der Waals surface area contributed by atoms with E-state index in [0.717, 1.165) is 0 Å². The fraction of sp³-hybridized carbons (Fsp3) is 0.750. The second-order valence-corrected chi connectivity index (χ2v) is 4.03. The lowest BCUT2D eigenvalue weighted by Crippen LogP contribution is -2.48. The van der Waals surface area contributed by atoms with Crippen molar-refractivity contribution in [2.45, 2.75) is 25.8 Å². The Morgan fingerprint density at radius 2 is 1.95 bits per heavy atom. The lowest BCUT2D eigenvalue weighted by molar-refractivity contribution is -0.142. The first-order valence-electron chi connectivity index (χ1n) is 6.30. The van der Waals surface area contributed by atoms with Gasteiger partial charge in [0.2, 0.25) is 0 Å². The number of carbonyl (C=O) groups excluding carboxylic acids is 2. The Morgan fingerprint density at radius 3 is 2.40 bits per heavy atom. The Bertz CT molecular complexity index is 334. The molecule has 8 heteroatoms. The van der Waals surface area contributed by atoms with Gasteiger partial charge in [-0.15, -0.1) is 0 Å². The fourth-order valence-corrected chi connectivity index (χ4v) is 1.47. The van der Waals surface area contributed by atoms with Crippen molar-refractivity contribution < 1.29 is 29.0 Å². The van der Waals surface area contributed by atoms with Crippen LogP contribution in [-0.4, -0.2) is 67.9 Å². The molecule has 8 nitrogen and oxygen atoms in total. The summed E-state index contributed by atoms with van der Waals surface area (Å²) in [6.07, 6.45) is -0.0898. The number of likely N-dealkylation sites (N-methyl/N-ethyl adjacent to an activating group) is 1. The standard InChI is InChI=1S/C12H22N2O6/c1-4-14(7-8-19-2)12(18)13-9(11(16)17)5-6-10(15)20-3/h9H,4-8H2,1-3H3,(H,13,18)(H,16,17)/t9-/m0/s1. The van der Waals surface area contributed by atoms with Crippen LogP contribution in [0.4, 0.5) is 4.79 Å². The predicted octanol–water partition coefficient (Wildman–Crippen LogP) is 0.0707. The first kappa shape index (κ1) is 18.2. The van der Waals surface area contributed by atoms with Crippen LogP contribution < -0.4 is 5.32 Å². The van der Waals surface area contributed by atoms with Crippen LogP contribution in [0.25, 0.3) is 0 Å². The topological polar surface area (TPSA) is 105 Å². The first-order valence-corrected chi connectivity index (χ1v) is 6.30. The molecule has 0 radical (unpaired) electrons. The molecule has 2 amide bonds. The van der Waals surface area contributed by atoms with Gasteiger partial charge in [-0.3, -0.25) is 4.79 Å². The van der Waals surface area contributed by atoms with Crippen LogP contribution in [0.5, 0.6) is 0 Å². The molecule has 0 aliphatic carbocycles. The Labute approximate surface area is 118 Å². The number of nitrogens with zero attached hydrogens (tertiary/aromatic N) is 1. The van der Waals surface area contributed by atoms with Crippen LogP contribution in [0.3, 0.4) is 0 Å². The number of nitrogens with one attached hydrogen (secondary N) is 1. The van der Waals surface area contributed by atoms with E-state index in [4.69, 9.17) is 9.84 Å². The summed E-state index contributed by atoms with van der Waals surface area (Å²) in [5.74, 6) is -1.71. The van der Waals surface area contributed by atoms with Gasteiger partial charge in [0.05, 0.1) is 13.7 Å². The molecule has 0 bridgehead atoms. The number of esters is 1. The molecule has 116 valence electrons. The minimum atomic E-state index is -1.19. The van der Waals surface area contributed by atoms with Gasteiger partial charge in [0.25, 0.3) is 0 Å². The van der Waals surface area contributed by atoms with Gasteiger partial charge in [-0.05, 0) is 13.3 Å². The number of carbonyl (C=O) groups is 3. The number of amides is 2. The van der Waals surface area contributed by atoms with Crippen LogP contribution in [0, 0.1) is 0 Å². The van der Waals surface area contributed by atoms with Gasteiger partial charge in [0.1, 0.15) is 6.04 Å². The van der Waals surface area contributed by atoms with Crippen molar-refractivity contribution in [3.05, 3.63) is 0 Å². The molecule has 0 fully saturated rings. The highest BCUT2D eigenvalue weighted by Gasteiger charge is 2.23. The molecule has 0 aromatic heterocycles. The van der Waals surface area contributed by atoms with Crippen LogP contribution in [0.1, 0.15) is 19.8 Å². The molecule has 0 heterocycles. The number of carboxylic acid groups (broad SMARTS) is 1. The van der Waals surface area contributed by atoms with Gasteiger partial charge in [0, 0.05) is 26.6 Å². The normalized spacial score (nSPS) is 11.6. The Balaban J connectivity index is 4.45. The molecule has 0 aliphatic heterocycles. The maximum atomic E-state index is 11.9. The molecule has 0 aliphatic rings. The van der Waals surface area contributed by atoms with Gasteiger partial charge >= 0.3 is 18.0 Å². The van der Waals surface area contributed by atoms with E-state index in [1.807, 2.05) is 0 Å². The summed E-state index contributed by atoms with van der Waals surface area (Å²) in [4.78, 5) is 35.4. The summed E-state index contributed by atoms with van der Waals surface area (Å²) < 4.78 is 9.31. The molecular formula is C12H22N2O6. The van der Waals surface area contributed by atoms with E-state index in [9.17, 15) is 14.4 Å². The molecule has 20 heavy (non-hydrogen) atoms. The van der Waals surface area contributed by atoms with Gasteiger partial charge in [-0.25, -0.2) is 9.59 Å². The maximum absolute atomic E-state index is 11.9. The zero-order valence-electron chi connectivity index (χ0n) is 12.0. The molecule has 0 unspecified atom stereocenters. The first-order chi connectivity index (χ1) is 9.46. The highest BCUT2D eigenvalue weighted by atomic mass is 16.5. The van der Waals surface area contributed by atoms with Crippen LogP contribution in [-0.2, 0) is 19.1 Å². The fourth-order valence-electron chi connectivity index (χ4n) is 1.47. The average Bonchev–Trinajstić information content (AvgIpc) is 2.43. The third-order valence-electron chi connectivity index (χ3n) is 2.69. The van der Waals surface area contributed by atoms with Crippen molar-refractivity contribution in [3.63, 3.8) is 0 Å². The third-order valence-corrected chi connectivity index (χ3v) is 2.69. The molecule has 0 saturated heterocycles. The van der Waals surface area contributed by atoms with Crippen LogP contribution in [0.15, 0.2) is 0 Å². The summed E-state index contributed by atoms with van der Waals surface area (Å²) in [5, 5.41) is 11.4. The van der Waals surface area contributed by atoms with Crippen LogP contribution >= 0.6 is 0 Å². The molecule has 0 aromatic rings. The van der Waals surface area contributed by atoms with Crippen LogP contribution in [0.2, 0.25) is 0 Å². The predicted molar refractivity (Wildman–Crippen MR) is 70.3 cm³/mol. The molecule has 0 rings (SSSR count). The van der Waals surface area contributed by atoms with E-state index in [-0.39, 0.29) is 12.8 Å². The van der Waals surface area contributed by atoms with E-state index in [1.165, 1.54) is 19.1 Å². The summed E-state index contributed by atoms with van der Waals surface area (Å²) in [5.41, 5.74) is 0. The second kappa shape index (κ2) is 10.0. The number of urea groups is 1. The number of carboxylic acids is 1. The molecular weight excluding hydrogens is 268 g/mol. The van der Waals surface area contributed by atoms with E-state index in [1.54, 1.807) is 6.92 Å². The summed E-state index contributed by atoms with van der Waals surface area (Å²) in [7, 11) is 2.74. The lowest BCUT2D eigenvalue weighted by atomic mass is 10.1. The average molecular weight is 290 g/mol. The number of hydrogen-bond donors (Lipinski definition) is 2. The zero-order chi connectivity index (χ0) is 15.5. The lowest BCUT2D eigenvalue weighted by Gasteiger charge is -2.23. The Kier molecular flexibility index (Phi) is 9.10. The molecule has 0 aromatic carbocycles. The summed E-state index contributed by atoms with van der Waals surface area (Å²) >= 11 is 0. The third kappa shape index (κ3) is 6.93. The van der Waals surface area contributed by atoms with Gasteiger partial charge in [-0.2, -0.15) is 0 Å². The number of methoxy groups -OCH3 is 2. The Hall–Kier alpha value is -1.83. The molecule has 0 saturated carbocycles. The SMILES string of the molecule is CCN(CCOC)C(=O)N[C@@H](CCC(=O)OC)C(=O)O. The maximum Gasteiger partial charge on any atom is 0.326 e. The number of rotatable bonds is 9. The largest absolute Gasteiger partial charge is 0.480 e. The quantitative estimate of drug-likeness (QED) is 0.582. The van der Waals surface area contributed by atoms with Gasteiger partial charge in [-0.1, -0.05) is 0 Å². The van der Waals surface area contributed by atoms with Gasteiger partial charge in [0.15, 0.2) is 0 Å². The smallest absolute Gasteiger partial charge is 0.326 e. The molecule has 0 spiro atoms. The Morgan fingerprint density at radius 1 is 1.30 bits per heavy atom. The van der Waals surface area contributed by atoms with Crippen molar-refractivity contribution in [2.24, 2.45) is 0 Å². The number of aliphatic carboxylic acids is 1. The van der Waals surface area contributed by atoms with E-state index in [0.29, 0.717) is 19.7 Å². The van der Waals surface area contributed by atoms with Crippen molar-refractivity contribution in [1.29, 1.82) is 0 Å². The minimum Gasteiger partial charge on any atom is -0.480 e. The summed E-state index contributed by atoms with van der Waals surface area (Å²) in [6.45, 7) is 2.93. The number of ether oxygens (including phenoxy) is 2. The van der Waals surface area contributed by atoms with Crippen molar-refractivity contribution >= 4 is 18.0 Å². The molecule has 2 N–H and O–H groups in total. The monoisotopic (exact) mass is 290 g/mol. The van der Waals surface area contributed by atoms with Crippen molar-refractivity contribution in [1.82, 2.24) is 10.2 Å². The molecule has 1 atom stereocenters. The van der Waals surface area contributed by atoms with E-state index < -0.39 is 24.0 Å². The summed E-state index contributed by atoms with van der Waals surface area (Å²) in [6, 6.07) is -1.62. The zero-order valence-corrected chi connectivity index (χ0v) is 12.0. The highest BCUT2D eigenvalue weighted by molar-refractivity contribution is 5.83. The number of hydrogen-bond acceptors (Lipinski definition) is 5. The van der Waals surface area contributed by atoms with E-state index in [2.05, 4.69) is 10.1 Å². The van der Waals surface area contributed by atoms with Crippen molar-refractivity contribution in [3.8, 4) is 0 Å².